The summed E-state index contributed by atoms with van der Waals surface area (Å²) in [5.41, 5.74) is 7.31. The van der Waals surface area contributed by atoms with Gasteiger partial charge in [0.05, 0.1) is 0 Å². The second-order valence-electron chi connectivity index (χ2n) is 4.17. The van der Waals surface area contributed by atoms with Gasteiger partial charge in [0, 0.05) is 42.1 Å². The van der Waals surface area contributed by atoms with E-state index in [1.807, 2.05) is 11.8 Å². The molecule has 2 rings (SSSR count). The molecule has 2 N–H and O–H groups in total. The molecule has 2 nitrogen and oxygen atoms in total. The molecule has 0 aromatic heterocycles. The lowest BCUT2D eigenvalue weighted by Crippen LogP contribution is -2.39. The van der Waals surface area contributed by atoms with Gasteiger partial charge in [-0.05, 0) is 24.0 Å². The summed E-state index contributed by atoms with van der Waals surface area (Å²) in [5.74, 6) is 2.47. The summed E-state index contributed by atoms with van der Waals surface area (Å²) in [6, 6.07) is 9.24. The first kappa shape index (κ1) is 13.3. The normalized spacial score (nSPS) is 19.2. The molecule has 1 aromatic rings. The molecule has 0 bridgehead atoms. The Bertz CT molecular complexity index is 334. The summed E-state index contributed by atoms with van der Waals surface area (Å²) in [6.07, 6.45) is 2.11. The van der Waals surface area contributed by atoms with E-state index in [0.717, 1.165) is 13.1 Å². The first-order chi connectivity index (χ1) is 8.35. The molecule has 0 radical (unpaired) electrons. The van der Waals surface area contributed by atoms with Crippen LogP contribution in [-0.4, -0.2) is 42.3 Å². The van der Waals surface area contributed by atoms with Gasteiger partial charge in [-0.3, -0.25) is 4.90 Å². The fourth-order valence-electron chi connectivity index (χ4n) is 2.21. The number of benzene rings is 1. The molecule has 1 atom stereocenters. The lowest BCUT2D eigenvalue weighted by atomic mass is 10.1. The van der Waals surface area contributed by atoms with Crippen molar-refractivity contribution < 1.29 is 0 Å². The van der Waals surface area contributed by atoms with E-state index in [1.54, 1.807) is 11.8 Å². The van der Waals surface area contributed by atoms with Gasteiger partial charge in [0.1, 0.15) is 0 Å². The molecule has 0 aliphatic carbocycles. The highest BCUT2D eigenvalue weighted by Crippen LogP contribution is 2.25. The number of nitrogens with two attached hydrogens (primary N) is 1. The van der Waals surface area contributed by atoms with E-state index in [9.17, 15) is 0 Å². The zero-order valence-electron chi connectivity index (χ0n) is 10.3. The maximum absolute atomic E-state index is 5.95. The zero-order valence-corrected chi connectivity index (χ0v) is 11.9. The summed E-state index contributed by atoms with van der Waals surface area (Å²) in [4.78, 5) is 3.84. The molecule has 0 saturated carbocycles. The third-order valence-electron chi connectivity index (χ3n) is 3.21. The predicted octanol–water partition coefficient (Wildman–Crippen LogP) is 2.46. The number of nitrogens with zero attached hydrogens (tertiary/aromatic N) is 1. The lowest BCUT2D eigenvalue weighted by molar-refractivity contribution is 0.223. The molecule has 0 amide bonds. The van der Waals surface area contributed by atoms with Crippen molar-refractivity contribution in [1.29, 1.82) is 0 Å². The van der Waals surface area contributed by atoms with Crippen molar-refractivity contribution in [2.24, 2.45) is 5.73 Å². The van der Waals surface area contributed by atoms with Crippen LogP contribution in [0.1, 0.15) is 11.6 Å². The van der Waals surface area contributed by atoms with Crippen LogP contribution in [0.5, 0.6) is 0 Å². The number of hydrogen-bond donors (Lipinski definition) is 1. The molecular weight excluding hydrogens is 248 g/mol. The molecule has 1 unspecified atom stereocenters. The maximum Gasteiger partial charge on any atom is 0.0471 e. The first-order valence-corrected chi connectivity index (χ1v) is 8.39. The van der Waals surface area contributed by atoms with E-state index in [1.165, 1.54) is 22.0 Å². The van der Waals surface area contributed by atoms with Crippen molar-refractivity contribution in [3.05, 3.63) is 29.8 Å². The molecule has 1 aromatic carbocycles. The summed E-state index contributed by atoms with van der Waals surface area (Å²) >= 11 is 3.83. The highest BCUT2D eigenvalue weighted by Gasteiger charge is 2.20. The Morgan fingerprint density at radius 3 is 2.47 bits per heavy atom. The molecule has 17 heavy (non-hydrogen) atoms. The minimum atomic E-state index is 0.395. The Hall–Kier alpha value is -0.160. The average molecular weight is 268 g/mol. The standard InChI is InChI=1S/C13H20N2S2/c1-16-12-4-2-11(3-5-12)13(10-14)15-6-8-17-9-7-15/h2-5,13H,6-10,14H2,1H3. The fraction of sp³-hybridized carbons (Fsp3) is 0.538. The molecule has 0 spiro atoms. The van der Waals surface area contributed by atoms with Crippen LogP contribution in [0.2, 0.25) is 0 Å². The predicted molar refractivity (Wildman–Crippen MR) is 78.9 cm³/mol. The highest BCUT2D eigenvalue weighted by molar-refractivity contribution is 7.99. The van der Waals surface area contributed by atoms with Crippen LogP contribution in [0.25, 0.3) is 0 Å². The number of thioether (sulfide) groups is 2. The topological polar surface area (TPSA) is 29.3 Å². The van der Waals surface area contributed by atoms with Crippen LogP contribution in [0, 0.1) is 0 Å². The van der Waals surface area contributed by atoms with Gasteiger partial charge < -0.3 is 5.73 Å². The Kier molecular flexibility index (Phi) is 5.22. The monoisotopic (exact) mass is 268 g/mol. The number of hydrogen-bond acceptors (Lipinski definition) is 4. The quantitative estimate of drug-likeness (QED) is 0.850. The van der Waals surface area contributed by atoms with E-state index < -0.39 is 0 Å². The van der Waals surface area contributed by atoms with Gasteiger partial charge in [-0.15, -0.1) is 11.8 Å². The SMILES string of the molecule is CSc1ccc(C(CN)N2CCSCC2)cc1. The van der Waals surface area contributed by atoms with Crippen LogP contribution in [0.15, 0.2) is 29.2 Å². The van der Waals surface area contributed by atoms with Crippen molar-refractivity contribution in [2.75, 3.05) is 37.4 Å². The van der Waals surface area contributed by atoms with Gasteiger partial charge in [0.15, 0.2) is 0 Å². The second-order valence-corrected chi connectivity index (χ2v) is 6.28. The van der Waals surface area contributed by atoms with Crippen LogP contribution in [-0.2, 0) is 0 Å². The lowest BCUT2D eigenvalue weighted by Gasteiger charge is -2.34. The first-order valence-electron chi connectivity index (χ1n) is 6.01. The maximum atomic E-state index is 5.95. The molecule has 1 saturated heterocycles. The highest BCUT2D eigenvalue weighted by atomic mass is 32.2. The molecule has 1 aliphatic rings. The Morgan fingerprint density at radius 2 is 1.94 bits per heavy atom. The summed E-state index contributed by atoms with van der Waals surface area (Å²) in [6.45, 7) is 3.04. The van der Waals surface area contributed by atoms with E-state index in [0.29, 0.717) is 12.6 Å². The van der Waals surface area contributed by atoms with Crippen molar-refractivity contribution in [3.63, 3.8) is 0 Å². The fourth-order valence-corrected chi connectivity index (χ4v) is 3.55. The molecular formula is C13H20N2S2. The molecule has 94 valence electrons. The van der Waals surface area contributed by atoms with E-state index >= 15 is 0 Å². The van der Waals surface area contributed by atoms with Crippen molar-refractivity contribution >= 4 is 23.5 Å². The molecule has 1 heterocycles. The Labute approximate surface area is 112 Å². The van der Waals surface area contributed by atoms with Crippen LogP contribution in [0.3, 0.4) is 0 Å². The van der Waals surface area contributed by atoms with E-state index in [2.05, 4.69) is 35.4 Å². The van der Waals surface area contributed by atoms with Crippen LogP contribution >= 0.6 is 23.5 Å². The molecule has 1 fully saturated rings. The van der Waals surface area contributed by atoms with Crippen LogP contribution < -0.4 is 5.73 Å². The van der Waals surface area contributed by atoms with E-state index in [4.69, 9.17) is 5.73 Å². The zero-order chi connectivity index (χ0) is 12.1. The average Bonchev–Trinajstić information content (AvgIpc) is 2.42. The van der Waals surface area contributed by atoms with Crippen LogP contribution in [0.4, 0.5) is 0 Å². The van der Waals surface area contributed by atoms with Gasteiger partial charge in [0.25, 0.3) is 0 Å². The van der Waals surface area contributed by atoms with Crippen molar-refractivity contribution in [3.8, 4) is 0 Å². The van der Waals surface area contributed by atoms with Gasteiger partial charge in [0.2, 0.25) is 0 Å². The second kappa shape index (κ2) is 6.69. The summed E-state index contributed by atoms with van der Waals surface area (Å²) in [5, 5.41) is 0. The minimum absolute atomic E-state index is 0.395. The molecule has 4 heteroatoms. The smallest absolute Gasteiger partial charge is 0.0471 e. The van der Waals surface area contributed by atoms with Crippen molar-refractivity contribution in [2.45, 2.75) is 10.9 Å². The number of rotatable bonds is 4. The minimum Gasteiger partial charge on any atom is -0.329 e. The largest absolute Gasteiger partial charge is 0.329 e. The third-order valence-corrected chi connectivity index (χ3v) is 4.90. The van der Waals surface area contributed by atoms with Gasteiger partial charge in [-0.1, -0.05) is 12.1 Å². The Balaban J connectivity index is 2.10. The van der Waals surface area contributed by atoms with Crippen molar-refractivity contribution in [1.82, 2.24) is 4.90 Å². The van der Waals surface area contributed by atoms with Gasteiger partial charge in [-0.25, -0.2) is 0 Å². The van der Waals surface area contributed by atoms with Gasteiger partial charge in [-0.2, -0.15) is 11.8 Å². The third kappa shape index (κ3) is 3.41. The summed E-state index contributed by atoms with van der Waals surface area (Å²) in [7, 11) is 0. The molecule has 1 aliphatic heterocycles. The Morgan fingerprint density at radius 1 is 1.29 bits per heavy atom. The van der Waals surface area contributed by atoms with Gasteiger partial charge >= 0.3 is 0 Å². The summed E-state index contributed by atoms with van der Waals surface area (Å²) < 4.78 is 0. The van der Waals surface area contributed by atoms with E-state index in [-0.39, 0.29) is 0 Å².